The molecule has 0 aromatic heterocycles. The van der Waals surface area contributed by atoms with Crippen LogP contribution in [-0.4, -0.2) is 30.9 Å². The minimum atomic E-state index is 0.271. The van der Waals surface area contributed by atoms with E-state index in [0.29, 0.717) is 12.3 Å². The molecule has 0 aliphatic carbocycles. The largest absolute Gasteiger partial charge is 0.345 e. The van der Waals surface area contributed by atoms with Crippen LogP contribution >= 0.6 is 0 Å². The van der Waals surface area contributed by atoms with Gasteiger partial charge in [-0.05, 0) is 25.3 Å². The Hall–Kier alpha value is -0.570. The van der Waals surface area contributed by atoms with Crippen LogP contribution in [0.15, 0.2) is 0 Å². The zero-order valence-electron chi connectivity index (χ0n) is 10.5. The van der Waals surface area contributed by atoms with Gasteiger partial charge >= 0.3 is 0 Å². The lowest BCUT2D eigenvalue weighted by Gasteiger charge is -2.20. The van der Waals surface area contributed by atoms with Crippen LogP contribution in [0.5, 0.6) is 0 Å². The molecule has 3 heteroatoms. The highest BCUT2D eigenvalue weighted by Gasteiger charge is 2.10. The summed E-state index contributed by atoms with van der Waals surface area (Å²) in [7, 11) is 1.90. The molecule has 0 saturated carbocycles. The Morgan fingerprint density at radius 1 is 1.33 bits per heavy atom. The molecule has 0 heterocycles. The molecule has 0 radical (unpaired) electrons. The first-order valence-electron chi connectivity index (χ1n) is 6.05. The van der Waals surface area contributed by atoms with Crippen LogP contribution in [0.2, 0.25) is 0 Å². The topological polar surface area (TPSA) is 46.3 Å². The van der Waals surface area contributed by atoms with Crippen molar-refractivity contribution in [2.45, 2.75) is 46.0 Å². The van der Waals surface area contributed by atoms with Crippen molar-refractivity contribution in [2.75, 3.05) is 20.1 Å². The minimum Gasteiger partial charge on any atom is -0.345 e. The normalized spacial score (nSPS) is 12.5. The standard InChI is InChI=1S/C12H26N2O/c1-4-11(2)10-14(3)12(15)8-6-5-7-9-13/h11H,4-10,13H2,1-3H3. The SMILES string of the molecule is CCC(C)CN(C)C(=O)CCCCCN. The molecule has 3 nitrogen and oxygen atoms in total. The van der Waals surface area contributed by atoms with E-state index >= 15 is 0 Å². The van der Waals surface area contributed by atoms with Crippen LogP contribution < -0.4 is 5.73 Å². The second-order valence-corrected chi connectivity index (χ2v) is 4.39. The van der Waals surface area contributed by atoms with Crippen LogP contribution in [0.4, 0.5) is 0 Å². The van der Waals surface area contributed by atoms with Gasteiger partial charge < -0.3 is 10.6 Å². The number of nitrogens with zero attached hydrogens (tertiary/aromatic N) is 1. The summed E-state index contributed by atoms with van der Waals surface area (Å²) in [4.78, 5) is 13.5. The molecule has 0 bridgehead atoms. The van der Waals surface area contributed by atoms with Crippen LogP contribution in [-0.2, 0) is 4.79 Å². The lowest BCUT2D eigenvalue weighted by molar-refractivity contribution is -0.130. The summed E-state index contributed by atoms with van der Waals surface area (Å²) in [6, 6.07) is 0. The van der Waals surface area contributed by atoms with E-state index in [1.807, 2.05) is 11.9 Å². The number of hydrogen-bond acceptors (Lipinski definition) is 2. The van der Waals surface area contributed by atoms with Crippen LogP contribution in [0, 0.1) is 5.92 Å². The second kappa shape index (κ2) is 8.72. The summed E-state index contributed by atoms with van der Waals surface area (Å²) in [6.45, 7) is 5.95. The Bertz CT molecular complexity index is 171. The zero-order chi connectivity index (χ0) is 11.7. The van der Waals surface area contributed by atoms with Gasteiger partial charge in [0.05, 0.1) is 0 Å². The van der Waals surface area contributed by atoms with Crippen molar-refractivity contribution < 1.29 is 4.79 Å². The Labute approximate surface area is 94.0 Å². The molecule has 1 atom stereocenters. The molecule has 1 unspecified atom stereocenters. The molecule has 0 fully saturated rings. The Morgan fingerprint density at radius 2 is 2.00 bits per heavy atom. The Morgan fingerprint density at radius 3 is 2.53 bits per heavy atom. The van der Waals surface area contributed by atoms with Crippen LogP contribution in [0.1, 0.15) is 46.0 Å². The smallest absolute Gasteiger partial charge is 0.222 e. The lowest BCUT2D eigenvalue weighted by Crippen LogP contribution is -2.30. The van der Waals surface area contributed by atoms with Gasteiger partial charge in [-0.2, -0.15) is 0 Å². The maximum Gasteiger partial charge on any atom is 0.222 e. The summed E-state index contributed by atoms with van der Waals surface area (Å²) in [5.74, 6) is 0.871. The fourth-order valence-corrected chi connectivity index (χ4v) is 1.49. The molecule has 0 rings (SSSR count). The van der Waals surface area contributed by atoms with E-state index in [-0.39, 0.29) is 5.91 Å². The second-order valence-electron chi connectivity index (χ2n) is 4.39. The van der Waals surface area contributed by atoms with Gasteiger partial charge in [-0.1, -0.05) is 26.7 Å². The van der Waals surface area contributed by atoms with Gasteiger partial charge in [-0.25, -0.2) is 0 Å². The summed E-state index contributed by atoms with van der Waals surface area (Å²) >= 11 is 0. The number of carbonyl (C=O) groups is 1. The molecule has 0 saturated heterocycles. The average molecular weight is 214 g/mol. The van der Waals surface area contributed by atoms with E-state index in [2.05, 4.69) is 13.8 Å². The Kier molecular flexibility index (Phi) is 8.38. The van der Waals surface area contributed by atoms with Gasteiger partial charge in [0.25, 0.3) is 0 Å². The number of unbranched alkanes of at least 4 members (excludes halogenated alkanes) is 2. The number of amides is 1. The van der Waals surface area contributed by atoms with E-state index in [9.17, 15) is 4.79 Å². The molecule has 15 heavy (non-hydrogen) atoms. The molecule has 0 aromatic carbocycles. The average Bonchev–Trinajstić information content (AvgIpc) is 2.23. The van der Waals surface area contributed by atoms with Gasteiger partial charge in [-0.15, -0.1) is 0 Å². The fraction of sp³-hybridized carbons (Fsp3) is 0.917. The quantitative estimate of drug-likeness (QED) is 0.628. The van der Waals surface area contributed by atoms with Crippen molar-refractivity contribution in [3.05, 3.63) is 0 Å². The number of carbonyl (C=O) groups excluding carboxylic acids is 1. The van der Waals surface area contributed by atoms with E-state index in [1.54, 1.807) is 0 Å². The monoisotopic (exact) mass is 214 g/mol. The lowest BCUT2D eigenvalue weighted by atomic mass is 10.1. The van der Waals surface area contributed by atoms with Gasteiger partial charge in [0, 0.05) is 20.0 Å². The molecule has 1 amide bonds. The highest BCUT2D eigenvalue weighted by Crippen LogP contribution is 2.06. The van der Waals surface area contributed by atoms with Crippen LogP contribution in [0.3, 0.4) is 0 Å². The molecule has 2 N–H and O–H groups in total. The highest BCUT2D eigenvalue weighted by atomic mass is 16.2. The third kappa shape index (κ3) is 7.37. The van der Waals surface area contributed by atoms with Crippen molar-refractivity contribution in [3.63, 3.8) is 0 Å². The van der Waals surface area contributed by atoms with E-state index in [0.717, 1.165) is 38.8 Å². The summed E-state index contributed by atoms with van der Waals surface area (Å²) in [5, 5.41) is 0. The maximum atomic E-state index is 11.7. The van der Waals surface area contributed by atoms with Gasteiger partial charge in [0.2, 0.25) is 5.91 Å². The summed E-state index contributed by atoms with van der Waals surface area (Å²) < 4.78 is 0. The van der Waals surface area contributed by atoms with Crippen LogP contribution in [0.25, 0.3) is 0 Å². The zero-order valence-corrected chi connectivity index (χ0v) is 10.5. The molecular weight excluding hydrogens is 188 g/mol. The number of hydrogen-bond donors (Lipinski definition) is 1. The van der Waals surface area contributed by atoms with Gasteiger partial charge in [0.15, 0.2) is 0 Å². The third-order valence-electron chi connectivity index (χ3n) is 2.80. The summed E-state index contributed by atoms with van der Waals surface area (Å²) in [6.07, 6.45) is 4.88. The molecule has 0 aromatic rings. The predicted octanol–water partition coefficient (Wildman–Crippen LogP) is 2.01. The maximum absolute atomic E-state index is 11.7. The van der Waals surface area contributed by atoms with Gasteiger partial charge in [-0.3, -0.25) is 4.79 Å². The molecular formula is C12H26N2O. The van der Waals surface area contributed by atoms with E-state index < -0.39 is 0 Å². The first-order valence-corrected chi connectivity index (χ1v) is 6.05. The first-order chi connectivity index (χ1) is 7.11. The fourth-order valence-electron chi connectivity index (χ4n) is 1.49. The molecule has 90 valence electrons. The van der Waals surface area contributed by atoms with Crippen molar-refractivity contribution in [1.82, 2.24) is 4.90 Å². The van der Waals surface area contributed by atoms with Gasteiger partial charge in [0.1, 0.15) is 0 Å². The molecule has 0 aliphatic rings. The third-order valence-corrected chi connectivity index (χ3v) is 2.80. The Balaban J connectivity index is 3.60. The van der Waals surface area contributed by atoms with Crippen molar-refractivity contribution in [1.29, 1.82) is 0 Å². The summed E-state index contributed by atoms with van der Waals surface area (Å²) in [5.41, 5.74) is 5.39. The van der Waals surface area contributed by atoms with Crippen molar-refractivity contribution >= 4 is 5.91 Å². The minimum absolute atomic E-state index is 0.271. The first kappa shape index (κ1) is 14.4. The van der Waals surface area contributed by atoms with E-state index in [1.165, 1.54) is 0 Å². The number of rotatable bonds is 8. The van der Waals surface area contributed by atoms with Crippen molar-refractivity contribution in [2.24, 2.45) is 11.7 Å². The predicted molar refractivity (Wildman–Crippen MR) is 64.6 cm³/mol. The van der Waals surface area contributed by atoms with E-state index in [4.69, 9.17) is 5.73 Å². The molecule has 0 spiro atoms. The highest BCUT2D eigenvalue weighted by molar-refractivity contribution is 5.75. The molecule has 0 aliphatic heterocycles. The van der Waals surface area contributed by atoms with Crippen molar-refractivity contribution in [3.8, 4) is 0 Å². The number of nitrogens with two attached hydrogens (primary N) is 1.